The Morgan fingerprint density at radius 2 is 2.08 bits per heavy atom. The molecule has 0 aromatic rings. The quantitative estimate of drug-likeness (QED) is 0.587. The van der Waals surface area contributed by atoms with E-state index in [1.54, 1.807) is 11.1 Å². The molecule has 0 aromatic carbocycles. The van der Waals surface area contributed by atoms with Crippen LogP contribution in [0.25, 0.3) is 0 Å². The van der Waals surface area contributed by atoms with Crippen LogP contribution in [0.15, 0.2) is 23.3 Å². The Kier molecular flexibility index (Phi) is 4.25. The summed E-state index contributed by atoms with van der Waals surface area (Å²) in [6.07, 6.45) is 10.5. The summed E-state index contributed by atoms with van der Waals surface area (Å²) in [6, 6.07) is 0. The number of hydrogen-bond acceptors (Lipinski definition) is 0. The van der Waals surface area contributed by atoms with Crippen LogP contribution in [0.5, 0.6) is 0 Å². The molecule has 0 saturated heterocycles. The second-order valence-corrected chi connectivity index (χ2v) is 4.89. The third kappa shape index (κ3) is 1.93. The third-order valence-corrected chi connectivity index (χ3v) is 4.33. The van der Waals surface area contributed by atoms with Gasteiger partial charge in [0.05, 0.1) is 0 Å². The predicted octanol–water partition coefficient (Wildman–Crippen LogP) is 0.0121. The number of hydrogen-bond donors (Lipinski definition) is 0. The van der Waals surface area contributed by atoms with E-state index < -0.39 is 0 Å². The molecular weight excluding hydrogens is 334 g/mol. The molecule has 0 spiro atoms. The normalized spacial score (nSPS) is 26.8. The van der Waals surface area contributed by atoms with Gasteiger partial charge in [-0.05, 0) is 0 Å². The summed E-state index contributed by atoms with van der Waals surface area (Å²) in [7, 11) is 0. The average molecular weight is 347 g/mol. The van der Waals surface area contributed by atoms with Crippen LogP contribution < -0.4 is 12.4 Å². The molecule has 0 N–H and O–H groups in total. The Labute approximate surface area is 95.5 Å². The summed E-state index contributed by atoms with van der Waals surface area (Å²) in [5.41, 5.74) is 3.49. The zero-order valence-corrected chi connectivity index (χ0v) is 11.5. The molecular formula is C10H13ClHf. The van der Waals surface area contributed by atoms with E-state index in [1.807, 2.05) is 0 Å². The van der Waals surface area contributed by atoms with Gasteiger partial charge in [0.25, 0.3) is 0 Å². The fourth-order valence-corrected chi connectivity index (χ4v) is 3.48. The van der Waals surface area contributed by atoms with E-state index in [2.05, 4.69) is 12.2 Å². The summed E-state index contributed by atoms with van der Waals surface area (Å²) in [4.78, 5) is 0. The monoisotopic (exact) mass is 348 g/mol. The van der Waals surface area contributed by atoms with E-state index in [4.69, 9.17) is 0 Å². The molecule has 64 valence electrons. The van der Waals surface area contributed by atoms with Gasteiger partial charge in [-0.2, -0.15) is 0 Å². The molecule has 0 radical (unpaired) electrons. The van der Waals surface area contributed by atoms with Crippen LogP contribution in [-0.2, 0) is 24.4 Å². The van der Waals surface area contributed by atoms with Crippen molar-refractivity contribution in [2.24, 2.45) is 5.92 Å². The maximum absolute atomic E-state index is 2.43. The van der Waals surface area contributed by atoms with E-state index in [1.165, 1.54) is 54.2 Å². The van der Waals surface area contributed by atoms with Gasteiger partial charge in [0, 0.05) is 0 Å². The van der Waals surface area contributed by atoms with E-state index >= 15 is 0 Å². The zero-order valence-electron chi connectivity index (χ0n) is 7.15. The Morgan fingerprint density at radius 1 is 1.33 bits per heavy atom. The van der Waals surface area contributed by atoms with Crippen molar-refractivity contribution in [3.8, 4) is 0 Å². The second kappa shape index (κ2) is 4.76. The van der Waals surface area contributed by atoms with Crippen molar-refractivity contribution in [2.45, 2.75) is 29.9 Å². The summed E-state index contributed by atoms with van der Waals surface area (Å²) in [5, 5.41) is 0. The topological polar surface area (TPSA) is 0 Å². The van der Waals surface area contributed by atoms with Crippen molar-refractivity contribution in [2.75, 3.05) is 0 Å². The molecule has 0 saturated carbocycles. The third-order valence-electron chi connectivity index (χ3n) is 2.75. The van der Waals surface area contributed by atoms with Crippen LogP contribution in [0.2, 0.25) is 4.18 Å². The Bertz CT molecular complexity index is 218. The first-order valence-corrected chi connectivity index (χ1v) is 7.00. The van der Waals surface area contributed by atoms with Gasteiger partial charge < -0.3 is 12.4 Å². The van der Waals surface area contributed by atoms with E-state index in [0.717, 1.165) is 5.92 Å². The van der Waals surface area contributed by atoms with Gasteiger partial charge in [-0.25, -0.2) is 0 Å². The molecule has 0 heterocycles. The van der Waals surface area contributed by atoms with Crippen molar-refractivity contribution in [1.29, 1.82) is 0 Å². The first kappa shape index (κ1) is 10.7. The Hall–Kier alpha value is 0.640. The van der Waals surface area contributed by atoms with Gasteiger partial charge >= 0.3 is 83.5 Å². The van der Waals surface area contributed by atoms with Crippen LogP contribution in [0.1, 0.15) is 25.7 Å². The molecule has 2 aliphatic carbocycles. The van der Waals surface area contributed by atoms with Crippen LogP contribution in [0, 0.1) is 5.92 Å². The van der Waals surface area contributed by atoms with Crippen molar-refractivity contribution in [1.82, 2.24) is 0 Å². The molecule has 1 atom stereocenters. The van der Waals surface area contributed by atoms with Gasteiger partial charge in [-0.1, -0.05) is 0 Å². The van der Waals surface area contributed by atoms with Crippen LogP contribution in [-0.4, -0.2) is 0 Å². The van der Waals surface area contributed by atoms with Crippen molar-refractivity contribution >= 4 is 0 Å². The zero-order chi connectivity index (χ0) is 7.68. The number of halogens is 1. The average Bonchev–Trinajstić information content (AvgIpc) is 2.47. The maximum atomic E-state index is 2.43. The molecule has 2 aliphatic rings. The summed E-state index contributed by atoms with van der Waals surface area (Å²) in [6.45, 7) is 0. The molecule has 1 unspecified atom stereocenters. The molecule has 0 aliphatic heterocycles. The van der Waals surface area contributed by atoms with Gasteiger partial charge in [0.2, 0.25) is 0 Å². The van der Waals surface area contributed by atoms with Gasteiger partial charge in [0.15, 0.2) is 0 Å². The molecule has 0 bridgehead atoms. The van der Waals surface area contributed by atoms with Gasteiger partial charge in [-0.15, -0.1) is 0 Å². The minimum absolute atomic E-state index is 0. The predicted molar refractivity (Wildman–Crippen MR) is 42.9 cm³/mol. The van der Waals surface area contributed by atoms with Crippen LogP contribution >= 0.6 is 0 Å². The first-order chi connectivity index (χ1) is 5.42. The number of rotatable bonds is 1. The molecule has 0 fully saturated rings. The molecule has 0 amide bonds. The van der Waals surface area contributed by atoms with Crippen molar-refractivity contribution in [3.05, 3.63) is 23.3 Å². The van der Waals surface area contributed by atoms with Crippen molar-refractivity contribution in [3.63, 3.8) is 0 Å². The van der Waals surface area contributed by atoms with Crippen LogP contribution in [0.3, 0.4) is 0 Å². The van der Waals surface area contributed by atoms with Crippen molar-refractivity contribution < 1.29 is 36.8 Å². The molecule has 0 aromatic heterocycles. The van der Waals surface area contributed by atoms with E-state index in [9.17, 15) is 0 Å². The molecule has 2 rings (SSSR count). The fourth-order valence-electron chi connectivity index (χ4n) is 2.11. The molecule has 0 nitrogen and oxygen atoms in total. The first-order valence-electron chi connectivity index (χ1n) is 4.46. The fraction of sp³-hybridized carbons (Fsp3) is 0.600. The second-order valence-electron chi connectivity index (χ2n) is 3.43. The summed E-state index contributed by atoms with van der Waals surface area (Å²) < 4.78 is 1.44. The van der Waals surface area contributed by atoms with Gasteiger partial charge in [-0.3, -0.25) is 0 Å². The van der Waals surface area contributed by atoms with Gasteiger partial charge in [0.1, 0.15) is 0 Å². The summed E-state index contributed by atoms with van der Waals surface area (Å²) in [5.74, 6) is 0.872. The summed E-state index contributed by atoms with van der Waals surface area (Å²) >= 11 is 1.36. The van der Waals surface area contributed by atoms with E-state index in [-0.39, 0.29) is 12.4 Å². The van der Waals surface area contributed by atoms with Crippen LogP contribution in [0.4, 0.5) is 0 Å². The van der Waals surface area contributed by atoms with E-state index in [0.29, 0.717) is 0 Å². The number of allylic oxidation sites excluding steroid dienone is 4. The molecule has 12 heavy (non-hydrogen) atoms. The molecule has 2 heteroatoms. The standard InChI is InChI=1S/C10H13.ClH.Hf/c1-8-6-7-9-4-2-3-5-10(8)9;;/h6-8H,1-5H2;1H;/q;;+1/p-1. The SMILES string of the molecule is [Cl-].[Hf+][CH2]C1C=CC2=C1CCCC2. The Balaban J connectivity index is 0.000000720. The minimum atomic E-state index is 0. The Morgan fingerprint density at radius 3 is 2.83 bits per heavy atom.